The maximum Gasteiger partial charge on any atom is 0.242 e. The molecular formula is C11H20N2O3. The van der Waals surface area contributed by atoms with E-state index in [2.05, 4.69) is 10.6 Å². The van der Waals surface area contributed by atoms with Crippen LogP contribution in [0.5, 0.6) is 0 Å². The Morgan fingerprint density at radius 2 is 2.25 bits per heavy atom. The molecule has 0 saturated carbocycles. The summed E-state index contributed by atoms with van der Waals surface area (Å²) >= 11 is 0. The van der Waals surface area contributed by atoms with E-state index in [-0.39, 0.29) is 17.9 Å². The Labute approximate surface area is 95.9 Å². The number of carbonyl (C=O) groups excluding carboxylic acids is 2. The number of hydrogen-bond donors (Lipinski definition) is 2. The van der Waals surface area contributed by atoms with E-state index < -0.39 is 6.04 Å². The topological polar surface area (TPSA) is 67.4 Å². The van der Waals surface area contributed by atoms with Crippen LogP contribution in [0.15, 0.2) is 0 Å². The highest BCUT2D eigenvalue weighted by molar-refractivity contribution is 5.87. The van der Waals surface area contributed by atoms with E-state index in [0.29, 0.717) is 13.0 Å². The summed E-state index contributed by atoms with van der Waals surface area (Å²) < 4.78 is 5.38. The molecule has 5 heteroatoms. The van der Waals surface area contributed by atoms with E-state index in [9.17, 15) is 9.59 Å². The summed E-state index contributed by atoms with van der Waals surface area (Å²) in [6.07, 6.45) is 2.58. The van der Waals surface area contributed by atoms with E-state index in [1.165, 1.54) is 0 Å². The van der Waals surface area contributed by atoms with Gasteiger partial charge in [-0.25, -0.2) is 0 Å². The first-order valence-electron chi connectivity index (χ1n) is 5.82. The fourth-order valence-corrected chi connectivity index (χ4v) is 1.58. The molecule has 0 aromatic carbocycles. The van der Waals surface area contributed by atoms with Gasteiger partial charge in [0.25, 0.3) is 0 Å². The Morgan fingerprint density at radius 3 is 2.81 bits per heavy atom. The van der Waals surface area contributed by atoms with Gasteiger partial charge in [-0.3, -0.25) is 9.59 Å². The first kappa shape index (κ1) is 13.0. The number of hydrogen-bond acceptors (Lipinski definition) is 3. The molecule has 1 rings (SSSR count). The molecule has 0 bridgehead atoms. The number of carbonyl (C=O) groups is 2. The van der Waals surface area contributed by atoms with Gasteiger partial charge in [-0.1, -0.05) is 6.92 Å². The fraction of sp³-hybridized carbons (Fsp3) is 0.818. The second kappa shape index (κ2) is 6.48. The van der Waals surface area contributed by atoms with Gasteiger partial charge in [0.1, 0.15) is 6.04 Å². The molecule has 0 aromatic heterocycles. The molecule has 1 aliphatic rings. The molecule has 0 spiro atoms. The predicted molar refractivity (Wildman–Crippen MR) is 59.9 cm³/mol. The molecule has 1 fully saturated rings. The molecule has 92 valence electrons. The summed E-state index contributed by atoms with van der Waals surface area (Å²) in [5.74, 6) is -0.267. The van der Waals surface area contributed by atoms with E-state index >= 15 is 0 Å². The van der Waals surface area contributed by atoms with E-state index in [1.807, 2.05) is 0 Å². The van der Waals surface area contributed by atoms with Crippen molar-refractivity contribution in [3.05, 3.63) is 0 Å². The van der Waals surface area contributed by atoms with Crippen molar-refractivity contribution >= 4 is 11.8 Å². The normalized spacial score (nSPS) is 21.5. The lowest BCUT2D eigenvalue weighted by atomic mass is 10.2. The standard InChI is InChI=1S/C11H20N2O3/c1-3-10(14)13-8(2)11(15)12-7-9-5-4-6-16-9/h8-9H,3-7H2,1-2H3,(H,12,15)(H,13,14)/t8-,9+/m1/s1. The lowest BCUT2D eigenvalue weighted by molar-refractivity contribution is -0.128. The van der Waals surface area contributed by atoms with Crippen molar-refractivity contribution in [2.75, 3.05) is 13.2 Å². The van der Waals surface area contributed by atoms with E-state index in [0.717, 1.165) is 19.4 Å². The smallest absolute Gasteiger partial charge is 0.242 e. The molecular weight excluding hydrogens is 208 g/mol. The zero-order valence-electron chi connectivity index (χ0n) is 9.91. The van der Waals surface area contributed by atoms with E-state index in [1.54, 1.807) is 13.8 Å². The molecule has 0 radical (unpaired) electrons. The molecule has 2 N–H and O–H groups in total. The predicted octanol–water partition coefficient (Wildman–Crippen LogP) is 0.196. The van der Waals surface area contributed by atoms with Gasteiger partial charge in [-0.15, -0.1) is 0 Å². The minimum absolute atomic E-state index is 0.111. The highest BCUT2D eigenvalue weighted by Gasteiger charge is 2.19. The molecule has 5 nitrogen and oxygen atoms in total. The molecule has 2 atom stereocenters. The monoisotopic (exact) mass is 228 g/mol. The van der Waals surface area contributed by atoms with Crippen molar-refractivity contribution in [2.24, 2.45) is 0 Å². The lowest BCUT2D eigenvalue weighted by Gasteiger charge is -2.15. The summed E-state index contributed by atoms with van der Waals surface area (Å²) in [6, 6.07) is -0.478. The van der Waals surface area contributed by atoms with Gasteiger partial charge >= 0.3 is 0 Å². The zero-order chi connectivity index (χ0) is 12.0. The summed E-state index contributed by atoms with van der Waals surface area (Å²) in [6.45, 7) is 4.75. The minimum Gasteiger partial charge on any atom is -0.376 e. The van der Waals surface area contributed by atoms with Gasteiger partial charge in [0, 0.05) is 19.6 Å². The quantitative estimate of drug-likeness (QED) is 0.706. The first-order valence-corrected chi connectivity index (χ1v) is 5.82. The van der Waals surface area contributed by atoms with Gasteiger partial charge in [0.15, 0.2) is 0 Å². The zero-order valence-corrected chi connectivity index (χ0v) is 9.91. The lowest BCUT2D eigenvalue weighted by Crippen LogP contribution is -2.46. The third-order valence-electron chi connectivity index (χ3n) is 2.62. The average Bonchev–Trinajstić information content (AvgIpc) is 2.78. The van der Waals surface area contributed by atoms with Crippen LogP contribution < -0.4 is 10.6 Å². The fourth-order valence-electron chi connectivity index (χ4n) is 1.58. The van der Waals surface area contributed by atoms with Gasteiger partial charge in [-0.2, -0.15) is 0 Å². The molecule has 1 aliphatic heterocycles. The highest BCUT2D eigenvalue weighted by Crippen LogP contribution is 2.10. The SMILES string of the molecule is CCC(=O)N[C@H](C)C(=O)NC[C@@H]1CCCO1. The van der Waals surface area contributed by atoms with Crippen LogP contribution in [0.25, 0.3) is 0 Å². The van der Waals surface area contributed by atoms with Crippen molar-refractivity contribution in [1.82, 2.24) is 10.6 Å². The Hall–Kier alpha value is -1.10. The van der Waals surface area contributed by atoms with Crippen molar-refractivity contribution in [3.63, 3.8) is 0 Å². The molecule has 16 heavy (non-hydrogen) atoms. The first-order chi connectivity index (χ1) is 7.63. The maximum absolute atomic E-state index is 11.6. The molecule has 0 aromatic rings. The molecule has 0 aliphatic carbocycles. The molecule has 2 amide bonds. The van der Waals surface area contributed by atoms with Crippen LogP contribution in [-0.4, -0.2) is 37.1 Å². The number of ether oxygens (including phenoxy) is 1. The van der Waals surface area contributed by atoms with E-state index in [4.69, 9.17) is 4.74 Å². The maximum atomic E-state index is 11.6. The molecule has 1 saturated heterocycles. The largest absolute Gasteiger partial charge is 0.376 e. The second-order valence-electron chi connectivity index (χ2n) is 4.02. The van der Waals surface area contributed by atoms with Gasteiger partial charge in [0.2, 0.25) is 11.8 Å². The Morgan fingerprint density at radius 1 is 1.50 bits per heavy atom. The van der Waals surface area contributed by atoms with Crippen LogP contribution in [0.2, 0.25) is 0 Å². The Balaban J connectivity index is 2.20. The number of rotatable bonds is 5. The summed E-state index contributed by atoms with van der Waals surface area (Å²) in [5, 5.41) is 5.39. The highest BCUT2D eigenvalue weighted by atomic mass is 16.5. The molecule has 0 unspecified atom stereocenters. The van der Waals surface area contributed by atoms with Crippen molar-refractivity contribution in [2.45, 2.75) is 45.3 Å². The van der Waals surface area contributed by atoms with Crippen LogP contribution >= 0.6 is 0 Å². The number of amides is 2. The third kappa shape index (κ3) is 4.18. The Bertz CT molecular complexity index is 250. The van der Waals surface area contributed by atoms with Gasteiger partial charge in [-0.05, 0) is 19.8 Å². The second-order valence-corrected chi connectivity index (χ2v) is 4.02. The minimum atomic E-state index is -0.478. The molecule has 1 heterocycles. The van der Waals surface area contributed by atoms with Crippen LogP contribution in [0.3, 0.4) is 0 Å². The third-order valence-corrected chi connectivity index (χ3v) is 2.62. The summed E-state index contributed by atoms with van der Waals surface area (Å²) in [5.41, 5.74) is 0. The average molecular weight is 228 g/mol. The van der Waals surface area contributed by atoms with Crippen molar-refractivity contribution in [1.29, 1.82) is 0 Å². The van der Waals surface area contributed by atoms with Crippen molar-refractivity contribution < 1.29 is 14.3 Å². The number of nitrogens with one attached hydrogen (secondary N) is 2. The van der Waals surface area contributed by atoms with Crippen LogP contribution in [0.1, 0.15) is 33.1 Å². The van der Waals surface area contributed by atoms with Gasteiger partial charge < -0.3 is 15.4 Å². The van der Waals surface area contributed by atoms with Crippen LogP contribution in [0.4, 0.5) is 0 Å². The Kier molecular flexibility index (Phi) is 5.25. The van der Waals surface area contributed by atoms with Crippen molar-refractivity contribution in [3.8, 4) is 0 Å². The van der Waals surface area contributed by atoms with Crippen LogP contribution in [-0.2, 0) is 14.3 Å². The summed E-state index contributed by atoms with van der Waals surface area (Å²) in [4.78, 5) is 22.6. The van der Waals surface area contributed by atoms with Crippen LogP contribution in [0, 0.1) is 0 Å². The van der Waals surface area contributed by atoms with Gasteiger partial charge in [0.05, 0.1) is 6.10 Å². The summed E-state index contributed by atoms with van der Waals surface area (Å²) in [7, 11) is 0.